The molecule has 276 valence electrons. The number of carbonyl (C=O) groups excluding carboxylic acids is 2. The van der Waals surface area contributed by atoms with Gasteiger partial charge in [-0.15, -0.1) is 0 Å². The van der Waals surface area contributed by atoms with Crippen molar-refractivity contribution in [1.29, 1.82) is 0 Å². The van der Waals surface area contributed by atoms with Crippen LogP contribution >= 0.6 is 63.7 Å². The minimum atomic E-state index is -1.09. The van der Waals surface area contributed by atoms with Crippen molar-refractivity contribution in [1.82, 2.24) is 0 Å². The molecular formula is C42H34Br4N2O4S2. The average Bonchev–Trinajstić information content (AvgIpc) is 3.16. The van der Waals surface area contributed by atoms with Gasteiger partial charge in [-0.25, -0.2) is 0 Å². The van der Waals surface area contributed by atoms with Crippen LogP contribution in [0, 0.1) is 0 Å². The second kappa shape index (κ2) is 21.0. The molecule has 0 bridgehead atoms. The molecule has 0 aliphatic carbocycles. The van der Waals surface area contributed by atoms with Crippen molar-refractivity contribution in [2.24, 2.45) is 0 Å². The summed E-state index contributed by atoms with van der Waals surface area (Å²) in [5, 5.41) is 5.87. The maximum Gasteiger partial charge on any atom is 0.255 e. The van der Waals surface area contributed by atoms with E-state index in [0.717, 1.165) is 40.1 Å². The normalized spacial score (nSPS) is 11.8. The lowest BCUT2D eigenvalue weighted by Gasteiger charge is -2.12. The van der Waals surface area contributed by atoms with Crippen LogP contribution < -0.4 is 10.6 Å². The zero-order valence-corrected chi connectivity index (χ0v) is 36.6. The van der Waals surface area contributed by atoms with Gasteiger partial charge in [0.2, 0.25) is 0 Å². The third kappa shape index (κ3) is 13.3. The van der Waals surface area contributed by atoms with E-state index in [9.17, 15) is 18.0 Å². The first-order valence-electron chi connectivity index (χ1n) is 16.5. The number of anilines is 2. The van der Waals surface area contributed by atoms with Crippen LogP contribution in [-0.2, 0) is 44.6 Å². The van der Waals surface area contributed by atoms with Crippen LogP contribution in [0.25, 0.3) is 0 Å². The van der Waals surface area contributed by atoms with Crippen molar-refractivity contribution in [2.75, 3.05) is 10.6 Å². The van der Waals surface area contributed by atoms with Gasteiger partial charge in [-0.1, -0.05) is 137 Å². The van der Waals surface area contributed by atoms with Crippen LogP contribution in [0.2, 0.25) is 0 Å². The summed E-state index contributed by atoms with van der Waals surface area (Å²) >= 11 is 13.7. The van der Waals surface area contributed by atoms with E-state index < -0.39 is 21.6 Å². The third-order valence-electron chi connectivity index (χ3n) is 7.83. The molecule has 0 radical (unpaired) electrons. The molecule has 0 fully saturated rings. The lowest BCUT2D eigenvalue weighted by Crippen LogP contribution is -2.14. The molecule has 2 N–H and O–H groups in total. The van der Waals surface area contributed by atoms with Crippen molar-refractivity contribution in [3.63, 3.8) is 0 Å². The average molecular weight is 1010 g/mol. The molecule has 54 heavy (non-hydrogen) atoms. The van der Waals surface area contributed by atoms with E-state index >= 15 is 0 Å². The summed E-state index contributed by atoms with van der Waals surface area (Å²) in [7, 11) is -2.17. The summed E-state index contributed by atoms with van der Waals surface area (Å²) in [5.41, 5.74) is 6.23. The van der Waals surface area contributed by atoms with Crippen LogP contribution in [-0.4, -0.2) is 20.2 Å². The van der Waals surface area contributed by atoms with Gasteiger partial charge in [0.05, 0.1) is 11.5 Å². The summed E-state index contributed by atoms with van der Waals surface area (Å²) in [6.07, 6.45) is 0. The SMILES string of the molecule is O=C(Nc1cc(Br)ccc1C[S@@](=O)Cc1ccc(Br)cc1)c1ccccc1.O=C(Nc1cc(Br)ccc1C[S@@](=O)Cc1ccc(Br)cc1)c1ccccc1. The third-order valence-corrected chi connectivity index (χ3v) is 12.4. The molecule has 0 spiro atoms. The molecule has 2 amide bonds. The highest BCUT2D eigenvalue weighted by Gasteiger charge is 2.14. The standard InChI is InChI=1S/2C21H17Br2NO2S/c2*22-18-9-6-15(7-10-18)13-27(26)14-17-8-11-19(23)12-20(17)24-21(25)16-4-2-1-3-5-16/h2*1-12H,13-14H2,(H,24,25)/t2*27-/m00/s1. The molecule has 0 saturated carbocycles. The summed E-state index contributed by atoms with van der Waals surface area (Å²) in [6, 6.07) is 44.9. The number of halogens is 4. The zero-order valence-electron chi connectivity index (χ0n) is 28.6. The molecule has 0 aliphatic heterocycles. The molecule has 6 aromatic carbocycles. The zero-order chi connectivity index (χ0) is 38.5. The lowest BCUT2D eigenvalue weighted by atomic mass is 10.1. The number of benzene rings is 6. The number of nitrogens with one attached hydrogen (secondary N) is 2. The maximum atomic E-state index is 12.6. The van der Waals surface area contributed by atoms with E-state index in [1.807, 2.05) is 121 Å². The number of carbonyl (C=O) groups is 2. The predicted molar refractivity (Wildman–Crippen MR) is 236 cm³/mol. The number of amides is 2. The lowest BCUT2D eigenvalue weighted by molar-refractivity contribution is 0.101. The van der Waals surface area contributed by atoms with Crippen LogP contribution in [0.1, 0.15) is 43.0 Å². The molecule has 0 saturated heterocycles. The van der Waals surface area contributed by atoms with Gasteiger partial charge in [0.15, 0.2) is 0 Å². The molecule has 0 unspecified atom stereocenters. The Kier molecular flexibility index (Phi) is 16.2. The van der Waals surface area contributed by atoms with Crippen molar-refractivity contribution in [2.45, 2.75) is 23.0 Å². The Balaban J connectivity index is 0.000000208. The van der Waals surface area contributed by atoms with Gasteiger partial charge >= 0.3 is 0 Å². The Morgan fingerprint density at radius 3 is 1.11 bits per heavy atom. The molecule has 0 aliphatic rings. The molecule has 6 nitrogen and oxygen atoms in total. The van der Waals surface area contributed by atoms with Gasteiger partial charge in [-0.05, 0) is 95.1 Å². The Bertz CT molecular complexity index is 2080. The summed E-state index contributed by atoms with van der Waals surface area (Å²) < 4.78 is 29.0. The minimum Gasteiger partial charge on any atom is -0.322 e. The van der Waals surface area contributed by atoms with Gasteiger partial charge < -0.3 is 10.6 Å². The Hall–Kier alpha value is -3.52. The van der Waals surface area contributed by atoms with Crippen LogP contribution in [0.3, 0.4) is 0 Å². The molecule has 6 rings (SSSR count). The number of rotatable bonds is 12. The molecule has 0 heterocycles. The quantitative estimate of drug-likeness (QED) is 0.128. The Labute approximate surface area is 354 Å². The molecule has 2 atom stereocenters. The summed E-state index contributed by atoms with van der Waals surface area (Å²) in [5.74, 6) is 1.30. The van der Waals surface area contributed by atoms with Crippen molar-refractivity contribution in [3.05, 3.63) is 197 Å². The Morgan fingerprint density at radius 2 is 0.759 bits per heavy atom. The van der Waals surface area contributed by atoms with Crippen LogP contribution in [0.4, 0.5) is 11.4 Å². The van der Waals surface area contributed by atoms with E-state index in [1.165, 1.54) is 0 Å². The van der Waals surface area contributed by atoms with E-state index in [1.54, 1.807) is 24.3 Å². The largest absolute Gasteiger partial charge is 0.322 e. The Morgan fingerprint density at radius 1 is 0.426 bits per heavy atom. The fraction of sp³-hybridized carbons (Fsp3) is 0.0952. The van der Waals surface area contributed by atoms with Gasteiger partial charge in [0.1, 0.15) is 0 Å². The molecular weight excluding hydrogens is 980 g/mol. The van der Waals surface area contributed by atoms with Gasteiger partial charge in [-0.3, -0.25) is 18.0 Å². The van der Waals surface area contributed by atoms with Crippen molar-refractivity contribution in [3.8, 4) is 0 Å². The highest BCUT2D eigenvalue weighted by molar-refractivity contribution is 9.11. The minimum absolute atomic E-state index is 0.186. The molecule has 0 aromatic heterocycles. The monoisotopic (exact) mass is 1010 g/mol. The van der Waals surface area contributed by atoms with Crippen LogP contribution in [0.5, 0.6) is 0 Å². The van der Waals surface area contributed by atoms with E-state index in [4.69, 9.17) is 0 Å². The second-order valence-corrected chi connectivity index (χ2v) is 18.5. The first-order valence-corrected chi connectivity index (χ1v) is 22.7. The first kappa shape index (κ1) is 41.6. The number of hydrogen-bond acceptors (Lipinski definition) is 4. The topological polar surface area (TPSA) is 92.3 Å². The van der Waals surface area contributed by atoms with E-state index in [-0.39, 0.29) is 11.8 Å². The van der Waals surface area contributed by atoms with E-state index in [0.29, 0.717) is 45.5 Å². The summed E-state index contributed by atoms with van der Waals surface area (Å²) in [4.78, 5) is 25.0. The molecule has 12 heteroatoms. The second-order valence-electron chi connectivity index (χ2n) is 12.0. The smallest absolute Gasteiger partial charge is 0.255 e. The van der Waals surface area contributed by atoms with Gasteiger partial charge in [-0.2, -0.15) is 0 Å². The fourth-order valence-electron chi connectivity index (χ4n) is 5.13. The highest BCUT2D eigenvalue weighted by atomic mass is 79.9. The predicted octanol–water partition coefficient (Wildman–Crippen LogP) is 11.8. The highest BCUT2D eigenvalue weighted by Crippen LogP contribution is 2.26. The van der Waals surface area contributed by atoms with Crippen molar-refractivity contribution >= 4 is 109 Å². The first-order chi connectivity index (χ1) is 26.0. The number of hydrogen-bond donors (Lipinski definition) is 2. The van der Waals surface area contributed by atoms with Crippen LogP contribution in [0.15, 0.2) is 163 Å². The molecule has 6 aromatic rings. The van der Waals surface area contributed by atoms with Gasteiger partial charge in [0, 0.05) is 73.5 Å². The van der Waals surface area contributed by atoms with Crippen molar-refractivity contribution < 1.29 is 18.0 Å². The summed E-state index contributed by atoms with van der Waals surface area (Å²) in [6.45, 7) is 0. The van der Waals surface area contributed by atoms with E-state index in [2.05, 4.69) is 74.4 Å². The van der Waals surface area contributed by atoms with Gasteiger partial charge in [0.25, 0.3) is 11.8 Å². The fourth-order valence-corrected chi connectivity index (χ4v) is 8.91. The maximum absolute atomic E-state index is 12.6.